The number of hydrogen-bond acceptors (Lipinski definition) is 6. The molecule has 2 N–H and O–H groups in total. The van der Waals surface area contributed by atoms with E-state index in [0.29, 0.717) is 13.1 Å². The lowest BCUT2D eigenvalue weighted by Gasteiger charge is -2.36. The minimum atomic E-state index is -0.475. The molecule has 3 rings (SSSR count). The van der Waals surface area contributed by atoms with Gasteiger partial charge in [-0.25, -0.2) is 9.78 Å². The maximum atomic E-state index is 12.2. The van der Waals surface area contributed by atoms with Gasteiger partial charge in [0.05, 0.1) is 0 Å². The minimum Gasteiger partial charge on any atom is -0.444 e. The highest BCUT2D eigenvalue weighted by molar-refractivity contribution is 5.68. The Morgan fingerprint density at radius 1 is 1.11 bits per heavy atom. The van der Waals surface area contributed by atoms with Crippen LogP contribution in [0.4, 0.5) is 22.2 Å². The summed E-state index contributed by atoms with van der Waals surface area (Å²) in [6, 6.07) is 5.98. The van der Waals surface area contributed by atoms with Crippen molar-refractivity contribution in [2.24, 2.45) is 0 Å². The lowest BCUT2D eigenvalue weighted by atomic mass is 10.2. The molecule has 146 valence electrons. The van der Waals surface area contributed by atoms with Crippen LogP contribution in [0.1, 0.15) is 32.0 Å². The molecule has 8 nitrogen and oxygen atoms in total. The second-order valence-corrected chi connectivity index (χ2v) is 7.90. The molecule has 0 atom stereocenters. The largest absolute Gasteiger partial charge is 0.444 e. The monoisotopic (exact) mass is 372 g/mol. The second kappa shape index (κ2) is 7.46. The maximum Gasteiger partial charge on any atom is 0.410 e. The number of rotatable bonds is 3. The summed E-state index contributed by atoms with van der Waals surface area (Å²) < 4.78 is 5.46. The van der Waals surface area contributed by atoms with Crippen molar-refractivity contribution in [1.29, 1.82) is 0 Å². The first-order valence-electron chi connectivity index (χ1n) is 9.20. The predicted octanol–water partition coefficient (Wildman–Crippen LogP) is 3.22. The van der Waals surface area contributed by atoms with Gasteiger partial charge in [0.2, 0.25) is 0 Å². The van der Waals surface area contributed by atoms with Crippen LogP contribution < -0.4 is 10.2 Å². The normalized spacial score (nSPS) is 15.0. The average Bonchev–Trinajstić information content (AvgIpc) is 2.98. The number of carbonyl (C=O) groups is 1. The summed E-state index contributed by atoms with van der Waals surface area (Å²) in [5.74, 6) is 2.39. The van der Waals surface area contributed by atoms with E-state index in [4.69, 9.17) is 9.72 Å². The Kier molecular flexibility index (Phi) is 5.25. The number of carbonyl (C=O) groups excluding carboxylic acids is 1. The quantitative estimate of drug-likeness (QED) is 0.860. The summed E-state index contributed by atoms with van der Waals surface area (Å²) in [6.07, 6.45) is -0.254. The van der Waals surface area contributed by atoms with Crippen molar-refractivity contribution >= 4 is 23.5 Å². The number of nitrogens with one attached hydrogen (secondary N) is 2. The van der Waals surface area contributed by atoms with Gasteiger partial charge in [-0.15, -0.1) is 0 Å². The molecule has 1 aliphatic rings. The molecule has 8 heteroatoms. The van der Waals surface area contributed by atoms with Gasteiger partial charge >= 0.3 is 6.09 Å². The minimum absolute atomic E-state index is 0.254. The standard InChI is InChI=1S/C19H28N6O2/c1-13-10-15(20-16-12-14(2)22-23-16)21-17(11-13)24-6-8-25(9-7-24)18(26)27-19(3,4)5/h10-12H,6-9H2,1-5H3,(H2,20,21,22,23). The smallest absolute Gasteiger partial charge is 0.410 e. The lowest BCUT2D eigenvalue weighted by Crippen LogP contribution is -2.50. The molecule has 1 fully saturated rings. The fourth-order valence-electron chi connectivity index (χ4n) is 2.93. The van der Waals surface area contributed by atoms with Gasteiger partial charge < -0.3 is 19.9 Å². The number of pyridine rings is 1. The number of amides is 1. The van der Waals surface area contributed by atoms with Crippen LogP contribution in [0, 0.1) is 13.8 Å². The van der Waals surface area contributed by atoms with Crippen LogP contribution in [0.2, 0.25) is 0 Å². The molecule has 1 aliphatic heterocycles. The summed E-state index contributed by atoms with van der Waals surface area (Å²) in [4.78, 5) is 20.9. The molecule has 0 saturated carbocycles. The second-order valence-electron chi connectivity index (χ2n) is 7.90. The van der Waals surface area contributed by atoms with Crippen molar-refractivity contribution in [3.05, 3.63) is 29.5 Å². The average molecular weight is 372 g/mol. The molecule has 27 heavy (non-hydrogen) atoms. The first kappa shape index (κ1) is 19.0. The zero-order valence-corrected chi connectivity index (χ0v) is 16.7. The van der Waals surface area contributed by atoms with Crippen molar-refractivity contribution in [1.82, 2.24) is 20.1 Å². The first-order chi connectivity index (χ1) is 12.7. The van der Waals surface area contributed by atoms with E-state index in [1.54, 1.807) is 4.90 Å². The number of aromatic amines is 1. The SMILES string of the molecule is Cc1cc(Nc2cc(C)[nH]n2)nc(N2CCN(C(=O)OC(C)(C)C)CC2)c1. The molecule has 0 spiro atoms. The number of piperazine rings is 1. The van der Waals surface area contributed by atoms with Crippen molar-refractivity contribution in [3.8, 4) is 0 Å². The predicted molar refractivity (Wildman–Crippen MR) is 106 cm³/mol. The van der Waals surface area contributed by atoms with Crippen LogP contribution in [0.5, 0.6) is 0 Å². The van der Waals surface area contributed by atoms with E-state index in [-0.39, 0.29) is 6.09 Å². The van der Waals surface area contributed by atoms with Gasteiger partial charge in [0.15, 0.2) is 5.82 Å². The maximum absolute atomic E-state index is 12.2. The third-order valence-electron chi connectivity index (χ3n) is 4.17. The number of H-pyrrole nitrogens is 1. The van der Waals surface area contributed by atoms with Crippen molar-refractivity contribution < 1.29 is 9.53 Å². The van der Waals surface area contributed by atoms with E-state index in [2.05, 4.69) is 26.5 Å². The molecule has 2 aromatic heterocycles. The molecule has 1 saturated heterocycles. The number of aryl methyl sites for hydroxylation is 2. The Hall–Kier alpha value is -2.77. The number of anilines is 3. The summed E-state index contributed by atoms with van der Waals surface area (Å²) >= 11 is 0. The van der Waals surface area contributed by atoms with Crippen LogP contribution in [0.3, 0.4) is 0 Å². The Morgan fingerprint density at radius 2 is 1.81 bits per heavy atom. The van der Waals surface area contributed by atoms with E-state index in [1.807, 2.05) is 46.8 Å². The van der Waals surface area contributed by atoms with Crippen LogP contribution in [-0.4, -0.2) is 58.0 Å². The lowest BCUT2D eigenvalue weighted by molar-refractivity contribution is 0.0240. The third kappa shape index (κ3) is 5.12. The number of ether oxygens (including phenoxy) is 1. The van der Waals surface area contributed by atoms with E-state index >= 15 is 0 Å². The molecule has 1 amide bonds. The van der Waals surface area contributed by atoms with Crippen LogP contribution in [0.25, 0.3) is 0 Å². The number of hydrogen-bond donors (Lipinski definition) is 2. The van der Waals surface area contributed by atoms with E-state index < -0.39 is 5.60 Å². The molecule has 0 aliphatic carbocycles. The Bertz CT molecular complexity index is 803. The molecule has 3 heterocycles. The Morgan fingerprint density at radius 3 is 2.41 bits per heavy atom. The van der Waals surface area contributed by atoms with E-state index in [9.17, 15) is 4.79 Å². The topological polar surface area (TPSA) is 86.4 Å². The van der Waals surface area contributed by atoms with Gasteiger partial charge in [0.1, 0.15) is 17.2 Å². The summed E-state index contributed by atoms with van der Waals surface area (Å²) in [6.45, 7) is 12.3. The Labute approximate surface area is 159 Å². The zero-order valence-electron chi connectivity index (χ0n) is 16.7. The van der Waals surface area contributed by atoms with Gasteiger partial charge in [-0.1, -0.05) is 0 Å². The van der Waals surface area contributed by atoms with Gasteiger partial charge in [-0.3, -0.25) is 5.10 Å². The summed E-state index contributed by atoms with van der Waals surface area (Å²) in [7, 11) is 0. The fraction of sp³-hybridized carbons (Fsp3) is 0.526. The third-order valence-corrected chi connectivity index (χ3v) is 4.17. The molecular formula is C19H28N6O2. The van der Waals surface area contributed by atoms with Crippen molar-refractivity contribution in [2.45, 2.75) is 40.2 Å². The molecule has 0 aromatic carbocycles. The van der Waals surface area contributed by atoms with Crippen LogP contribution in [-0.2, 0) is 4.74 Å². The highest BCUT2D eigenvalue weighted by Gasteiger charge is 2.26. The van der Waals surface area contributed by atoms with Gasteiger partial charge in [0, 0.05) is 37.9 Å². The first-order valence-corrected chi connectivity index (χ1v) is 9.20. The van der Waals surface area contributed by atoms with Gasteiger partial charge in [0.25, 0.3) is 0 Å². The highest BCUT2D eigenvalue weighted by Crippen LogP contribution is 2.22. The highest BCUT2D eigenvalue weighted by atomic mass is 16.6. The fourth-order valence-corrected chi connectivity index (χ4v) is 2.93. The summed E-state index contributed by atoms with van der Waals surface area (Å²) in [5, 5.41) is 10.3. The van der Waals surface area contributed by atoms with Gasteiger partial charge in [-0.2, -0.15) is 5.10 Å². The van der Waals surface area contributed by atoms with Crippen LogP contribution >= 0.6 is 0 Å². The van der Waals surface area contributed by atoms with Crippen LogP contribution in [0.15, 0.2) is 18.2 Å². The zero-order chi connectivity index (χ0) is 19.6. The van der Waals surface area contributed by atoms with Crippen molar-refractivity contribution in [2.75, 3.05) is 36.4 Å². The molecule has 0 unspecified atom stereocenters. The van der Waals surface area contributed by atoms with E-state index in [0.717, 1.165) is 41.8 Å². The molecule has 0 radical (unpaired) electrons. The molecule has 0 bridgehead atoms. The summed E-state index contributed by atoms with van der Waals surface area (Å²) in [5.41, 5.74) is 1.63. The Balaban J connectivity index is 1.65. The van der Waals surface area contributed by atoms with Gasteiger partial charge in [-0.05, 0) is 52.3 Å². The van der Waals surface area contributed by atoms with E-state index in [1.165, 1.54) is 0 Å². The van der Waals surface area contributed by atoms with Crippen molar-refractivity contribution in [3.63, 3.8) is 0 Å². The number of nitrogens with zero attached hydrogens (tertiary/aromatic N) is 4. The molecular weight excluding hydrogens is 344 g/mol. The molecule has 2 aromatic rings. The number of aromatic nitrogens is 3.